The number of amides is 1. The quantitative estimate of drug-likeness (QED) is 0.712. The second kappa shape index (κ2) is 4.79. The van der Waals surface area contributed by atoms with Crippen LogP contribution in [0.1, 0.15) is 42.7 Å². The van der Waals surface area contributed by atoms with Gasteiger partial charge in [-0.05, 0) is 32.3 Å². The molecule has 1 heterocycles. The van der Waals surface area contributed by atoms with Gasteiger partial charge in [-0.25, -0.2) is 0 Å². The highest BCUT2D eigenvalue weighted by atomic mass is 16.3. The van der Waals surface area contributed by atoms with Crippen molar-refractivity contribution in [2.75, 3.05) is 12.3 Å². The van der Waals surface area contributed by atoms with E-state index < -0.39 is 0 Å². The summed E-state index contributed by atoms with van der Waals surface area (Å²) in [6.45, 7) is 1.95. The van der Waals surface area contributed by atoms with Gasteiger partial charge in [0.2, 0.25) is 0 Å². The van der Waals surface area contributed by atoms with Gasteiger partial charge >= 0.3 is 0 Å². The van der Waals surface area contributed by atoms with Crippen LogP contribution in [0.25, 0.3) is 0 Å². The van der Waals surface area contributed by atoms with Crippen LogP contribution in [0.3, 0.4) is 0 Å². The highest BCUT2D eigenvalue weighted by molar-refractivity contribution is 5.94. The van der Waals surface area contributed by atoms with E-state index in [1.807, 2.05) is 17.7 Å². The molecule has 17 heavy (non-hydrogen) atoms. The van der Waals surface area contributed by atoms with Gasteiger partial charge in [0, 0.05) is 24.9 Å². The molecule has 0 spiro atoms. The molecular weight excluding hydrogens is 218 g/mol. The molecule has 0 bridgehead atoms. The fraction of sp³-hybridized carbons (Fsp3) is 0.583. The Morgan fingerprint density at radius 1 is 1.71 bits per heavy atom. The number of aliphatic hydroxyl groups is 1. The molecule has 5 heteroatoms. The van der Waals surface area contributed by atoms with Crippen LogP contribution in [0.5, 0.6) is 0 Å². The molecule has 1 aliphatic rings. The van der Waals surface area contributed by atoms with E-state index in [-0.39, 0.29) is 18.6 Å². The Balaban J connectivity index is 2.07. The number of carbonyl (C=O) groups excluding carboxylic acids is 1. The van der Waals surface area contributed by atoms with Crippen molar-refractivity contribution in [3.8, 4) is 0 Å². The zero-order valence-corrected chi connectivity index (χ0v) is 10.0. The zero-order chi connectivity index (χ0) is 12.4. The Morgan fingerprint density at radius 3 is 3.00 bits per heavy atom. The van der Waals surface area contributed by atoms with Crippen LogP contribution in [0.2, 0.25) is 0 Å². The molecule has 1 unspecified atom stereocenters. The maximum Gasteiger partial charge on any atom is 0.268 e. The number of hydrogen-bond acceptors (Lipinski definition) is 3. The number of aromatic nitrogens is 1. The molecule has 1 aromatic rings. The average molecular weight is 237 g/mol. The zero-order valence-electron chi connectivity index (χ0n) is 10.0. The van der Waals surface area contributed by atoms with Crippen molar-refractivity contribution in [2.45, 2.75) is 38.3 Å². The van der Waals surface area contributed by atoms with Crippen molar-refractivity contribution in [3.63, 3.8) is 0 Å². The lowest BCUT2D eigenvalue weighted by atomic mass is 10.2. The molecule has 1 amide bonds. The molecule has 4 N–H and O–H groups in total. The fourth-order valence-electron chi connectivity index (χ4n) is 1.90. The highest BCUT2D eigenvalue weighted by Gasteiger charge is 2.27. The van der Waals surface area contributed by atoms with Gasteiger partial charge in [0.05, 0.1) is 5.69 Å². The fourth-order valence-corrected chi connectivity index (χ4v) is 1.90. The van der Waals surface area contributed by atoms with Gasteiger partial charge < -0.3 is 20.7 Å². The lowest BCUT2D eigenvalue weighted by Gasteiger charge is -2.13. The number of nitrogen functional groups attached to an aromatic ring is 1. The van der Waals surface area contributed by atoms with Gasteiger partial charge in [-0.3, -0.25) is 4.79 Å². The smallest absolute Gasteiger partial charge is 0.268 e. The van der Waals surface area contributed by atoms with Crippen LogP contribution in [-0.4, -0.2) is 28.2 Å². The van der Waals surface area contributed by atoms with Crippen molar-refractivity contribution < 1.29 is 9.90 Å². The standard InChI is InChI=1S/C12H19N3O2/c1-8(4-5-16)14-12(17)11-6-9(13)7-15(11)10-2-3-10/h6-8,10,16H,2-5,13H2,1H3,(H,14,17). The number of nitrogens with one attached hydrogen (secondary N) is 1. The summed E-state index contributed by atoms with van der Waals surface area (Å²) in [5.74, 6) is -0.116. The number of hydrogen-bond donors (Lipinski definition) is 3. The van der Waals surface area contributed by atoms with Crippen LogP contribution in [0.15, 0.2) is 12.3 Å². The number of anilines is 1. The van der Waals surface area contributed by atoms with E-state index in [2.05, 4.69) is 5.32 Å². The van der Waals surface area contributed by atoms with E-state index in [1.54, 1.807) is 6.07 Å². The predicted molar refractivity (Wildman–Crippen MR) is 65.7 cm³/mol. The summed E-state index contributed by atoms with van der Waals surface area (Å²) in [4.78, 5) is 12.0. The monoisotopic (exact) mass is 237 g/mol. The number of aliphatic hydroxyl groups excluding tert-OH is 1. The lowest BCUT2D eigenvalue weighted by molar-refractivity contribution is 0.0925. The number of nitrogens with two attached hydrogens (primary N) is 1. The maximum absolute atomic E-state index is 12.0. The SMILES string of the molecule is CC(CCO)NC(=O)c1cc(N)cn1C1CC1. The minimum atomic E-state index is -0.116. The third-order valence-corrected chi connectivity index (χ3v) is 2.98. The van der Waals surface area contributed by atoms with Crippen LogP contribution < -0.4 is 11.1 Å². The van der Waals surface area contributed by atoms with E-state index in [4.69, 9.17) is 10.8 Å². The second-order valence-corrected chi connectivity index (χ2v) is 4.68. The third-order valence-electron chi connectivity index (χ3n) is 2.98. The van der Waals surface area contributed by atoms with E-state index in [1.165, 1.54) is 0 Å². The molecule has 1 saturated carbocycles. The molecule has 0 aliphatic heterocycles. The molecule has 0 radical (unpaired) electrons. The maximum atomic E-state index is 12.0. The lowest BCUT2D eigenvalue weighted by Crippen LogP contribution is -2.34. The summed E-state index contributed by atoms with van der Waals surface area (Å²) in [6.07, 6.45) is 4.61. The Labute approximate surface area is 101 Å². The average Bonchev–Trinajstić information content (AvgIpc) is 3.02. The first-order chi connectivity index (χ1) is 8.11. The minimum Gasteiger partial charge on any atom is -0.397 e. The largest absolute Gasteiger partial charge is 0.397 e. The van der Waals surface area contributed by atoms with Crippen LogP contribution >= 0.6 is 0 Å². The second-order valence-electron chi connectivity index (χ2n) is 4.68. The summed E-state index contributed by atoms with van der Waals surface area (Å²) in [5, 5.41) is 11.7. The van der Waals surface area contributed by atoms with Crippen molar-refractivity contribution in [2.24, 2.45) is 0 Å². The van der Waals surface area contributed by atoms with E-state index in [9.17, 15) is 4.79 Å². The molecule has 0 aromatic carbocycles. The van der Waals surface area contributed by atoms with Crippen molar-refractivity contribution >= 4 is 11.6 Å². The highest BCUT2D eigenvalue weighted by Crippen LogP contribution is 2.37. The van der Waals surface area contributed by atoms with E-state index in [0.717, 1.165) is 12.8 Å². The molecular formula is C12H19N3O2. The number of rotatable bonds is 5. The van der Waals surface area contributed by atoms with Gasteiger partial charge in [0.15, 0.2) is 0 Å². The third kappa shape index (κ3) is 2.79. The summed E-state index contributed by atoms with van der Waals surface area (Å²) in [6, 6.07) is 2.11. The van der Waals surface area contributed by atoms with Crippen LogP contribution in [-0.2, 0) is 0 Å². The van der Waals surface area contributed by atoms with Crippen LogP contribution in [0, 0.1) is 0 Å². The topological polar surface area (TPSA) is 80.3 Å². The Kier molecular flexibility index (Phi) is 3.38. The first-order valence-corrected chi connectivity index (χ1v) is 6.01. The first-order valence-electron chi connectivity index (χ1n) is 6.01. The predicted octanol–water partition coefficient (Wildman–Crippen LogP) is 0.906. The number of nitrogens with zero attached hydrogens (tertiary/aromatic N) is 1. The minimum absolute atomic E-state index is 0.0312. The van der Waals surface area contributed by atoms with Crippen molar-refractivity contribution in [1.29, 1.82) is 0 Å². The Bertz CT molecular complexity index is 410. The van der Waals surface area contributed by atoms with Gasteiger partial charge in [-0.2, -0.15) is 0 Å². The summed E-state index contributed by atoms with van der Waals surface area (Å²) < 4.78 is 1.95. The van der Waals surface area contributed by atoms with Gasteiger partial charge in [0.25, 0.3) is 5.91 Å². The molecule has 0 saturated heterocycles. The summed E-state index contributed by atoms with van der Waals surface area (Å²) in [5.41, 5.74) is 6.97. The molecule has 1 aliphatic carbocycles. The molecule has 1 fully saturated rings. The normalized spacial score (nSPS) is 16.8. The first kappa shape index (κ1) is 12.0. The van der Waals surface area contributed by atoms with Gasteiger partial charge in [-0.15, -0.1) is 0 Å². The molecule has 1 aromatic heterocycles. The molecule has 1 atom stereocenters. The van der Waals surface area contributed by atoms with E-state index in [0.29, 0.717) is 23.8 Å². The van der Waals surface area contributed by atoms with Crippen LogP contribution in [0.4, 0.5) is 5.69 Å². The number of carbonyl (C=O) groups is 1. The van der Waals surface area contributed by atoms with Crippen molar-refractivity contribution in [1.82, 2.24) is 9.88 Å². The molecule has 2 rings (SSSR count). The van der Waals surface area contributed by atoms with Gasteiger partial charge in [-0.1, -0.05) is 0 Å². The Morgan fingerprint density at radius 2 is 2.41 bits per heavy atom. The van der Waals surface area contributed by atoms with Gasteiger partial charge in [0.1, 0.15) is 5.69 Å². The Hall–Kier alpha value is -1.49. The van der Waals surface area contributed by atoms with E-state index >= 15 is 0 Å². The van der Waals surface area contributed by atoms with Crippen molar-refractivity contribution in [3.05, 3.63) is 18.0 Å². The molecule has 94 valence electrons. The molecule has 5 nitrogen and oxygen atoms in total. The summed E-state index contributed by atoms with van der Waals surface area (Å²) >= 11 is 0. The summed E-state index contributed by atoms with van der Waals surface area (Å²) in [7, 11) is 0.